The van der Waals surface area contributed by atoms with Gasteiger partial charge in [-0.15, -0.1) is 0 Å². The number of nitrogens with two attached hydrogens (primary N) is 1. The van der Waals surface area contributed by atoms with Gasteiger partial charge in [-0.05, 0) is 30.0 Å². The normalized spacial score (nSPS) is 10.5. The zero-order valence-electron chi connectivity index (χ0n) is 8.01. The second kappa shape index (κ2) is 3.90. The molecule has 0 aliphatic rings. The number of benzene rings is 1. The molecule has 0 amide bonds. The van der Waals surface area contributed by atoms with E-state index in [1.54, 1.807) is 23.9 Å². The van der Waals surface area contributed by atoms with Crippen LogP contribution in [0.25, 0.3) is 0 Å². The van der Waals surface area contributed by atoms with Crippen molar-refractivity contribution in [2.24, 2.45) is 7.05 Å². The van der Waals surface area contributed by atoms with Crippen LogP contribution >= 0.6 is 11.8 Å². The Balaban J connectivity index is 2.29. The fraction of sp³-hybridized carbons (Fsp3) is 0.111. The number of nitrogens with zero attached hydrogens (tertiary/aromatic N) is 3. The van der Waals surface area contributed by atoms with E-state index < -0.39 is 0 Å². The van der Waals surface area contributed by atoms with E-state index in [1.807, 2.05) is 0 Å². The van der Waals surface area contributed by atoms with Crippen LogP contribution in [-0.2, 0) is 7.05 Å². The average molecular weight is 224 g/mol. The van der Waals surface area contributed by atoms with Crippen LogP contribution in [0.1, 0.15) is 0 Å². The second-order valence-corrected chi connectivity index (χ2v) is 3.97. The third-order valence-electron chi connectivity index (χ3n) is 1.83. The summed E-state index contributed by atoms with van der Waals surface area (Å²) in [5.74, 6) is -0.344. The second-order valence-electron chi connectivity index (χ2n) is 2.96. The third-order valence-corrected chi connectivity index (χ3v) is 2.93. The third kappa shape index (κ3) is 2.10. The molecule has 2 aromatic rings. The molecule has 1 heterocycles. The Hall–Kier alpha value is -1.56. The Morgan fingerprint density at radius 3 is 2.87 bits per heavy atom. The molecule has 2 N–H and O–H groups in total. The summed E-state index contributed by atoms with van der Waals surface area (Å²) in [6, 6.07) is 4.57. The molecule has 0 bridgehead atoms. The average Bonchev–Trinajstić information content (AvgIpc) is 2.57. The molecule has 0 aliphatic carbocycles. The predicted molar refractivity (Wildman–Crippen MR) is 55.9 cm³/mol. The highest BCUT2D eigenvalue weighted by Gasteiger charge is 2.08. The van der Waals surface area contributed by atoms with Crippen molar-refractivity contribution in [3.8, 4) is 0 Å². The molecule has 0 spiro atoms. The summed E-state index contributed by atoms with van der Waals surface area (Å²) in [5, 5.41) is 4.54. The number of halogens is 1. The zero-order chi connectivity index (χ0) is 10.8. The van der Waals surface area contributed by atoms with Crippen molar-refractivity contribution in [2.75, 3.05) is 5.73 Å². The largest absolute Gasteiger partial charge is 0.399 e. The summed E-state index contributed by atoms with van der Waals surface area (Å²) < 4.78 is 15.0. The summed E-state index contributed by atoms with van der Waals surface area (Å²) in [4.78, 5) is 4.48. The van der Waals surface area contributed by atoms with Crippen molar-refractivity contribution in [1.29, 1.82) is 0 Å². The molecule has 1 aromatic heterocycles. The number of anilines is 1. The van der Waals surface area contributed by atoms with E-state index in [4.69, 9.17) is 5.73 Å². The number of aromatic nitrogens is 3. The number of rotatable bonds is 2. The molecular formula is C9H9FN4S. The minimum Gasteiger partial charge on any atom is -0.399 e. The zero-order valence-corrected chi connectivity index (χ0v) is 8.83. The van der Waals surface area contributed by atoms with Gasteiger partial charge in [-0.2, -0.15) is 5.10 Å². The van der Waals surface area contributed by atoms with E-state index in [0.29, 0.717) is 15.7 Å². The number of nitrogen functional groups attached to an aromatic ring is 1. The van der Waals surface area contributed by atoms with E-state index in [0.717, 1.165) is 0 Å². The lowest BCUT2D eigenvalue weighted by molar-refractivity contribution is 0.601. The molecule has 6 heteroatoms. The summed E-state index contributed by atoms with van der Waals surface area (Å²) in [6.45, 7) is 0. The monoisotopic (exact) mass is 224 g/mol. The van der Waals surface area contributed by atoms with Crippen molar-refractivity contribution < 1.29 is 4.39 Å². The quantitative estimate of drug-likeness (QED) is 0.789. The van der Waals surface area contributed by atoms with E-state index in [-0.39, 0.29) is 5.82 Å². The van der Waals surface area contributed by atoms with Crippen LogP contribution < -0.4 is 5.73 Å². The van der Waals surface area contributed by atoms with Gasteiger partial charge in [0.15, 0.2) is 5.16 Å². The van der Waals surface area contributed by atoms with Crippen LogP contribution in [-0.4, -0.2) is 14.8 Å². The van der Waals surface area contributed by atoms with Gasteiger partial charge in [-0.1, -0.05) is 0 Å². The Bertz CT molecular complexity index is 483. The highest BCUT2D eigenvalue weighted by Crippen LogP contribution is 2.28. The molecule has 4 nitrogen and oxygen atoms in total. The first kappa shape index (κ1) is 9.97. The van der Waals surface area contributed by atoms with Gasteiger partial charge in [0, 0.05) is 12.7 Å². The minimum atomic E-state index is -0.344. The van der Waals surface area contributed by atoms with Gasteiger partial charge in [0.25, 0.3) is 0 Å². The highest BCUT2D eigenvalue weighted by atomic mass is 32.2. The van der Waals surface area contributed by atoms with Crippen molar-refractivity contribution in [3.63, 3.8) is 0 Å². The van der Waals surface area contributed by atoms with Crippen molar-refractivity contribution in [3.05, 3.63) is 30.3 Å². The lowest BCUT2D eigenvalue weighted by Gasteiger charge is -2.02. The molecule has 0 unspecified atom stereocenters. The molecule has 0 atom stereocenters. The lowest BCUT2D eigenvalue weighted by atomic mass is 10.3. The van der Waals surface area contributed by atoms with Crippen LogP contribution in [0.4, 0.5) is 10.1 Å². The first-order valence-electron chi connectivity index (χ1n) is 4.23. The highest BCUT2D eigenvalue weighted by molar-refractivity contribution is 7.99. The molecule has 1 aromatic carbocycles. The van der Waals surface area contributed by atoms with Gasteiger partial charge >= 0.3 is 0 Å². The summed E-state index contributed by atoms with van der Waals surface area (Å²) in [5.41, 5.74) is 5.86. The van der Waals surface area contributed by atoms with Crippen LogP contribution in [0.15, 0.2) is 34.6 Å². The molecule has 0 aliphatic heterocycles. The summed E-state index contributed by atoms with van der Waals surface area (Å²) in [7, 11) is 1.75. The number of hydrogen-bond acceptors (Lipinski definition) is 4. The molecule has 0 saturated heterocycles. The molecule has 78 valence electrons. The standard InChI is InChI=1S/C9H9FN4S/c1-14-9(12-5-13-14)15-8-3-2-6(11)4-7(8)10/h2-5H,11H2,1H3. The topological polar surface area (TPSA) is 56.7 Å². The SMILES string of the molecule is Cn1ncnc1Sc1ccc(N)cc1F. The number of hydrogen-bond donors (Lipinski definition) is 1. The Morgan fingerprint density at radius 2 is 2.27 bits per heavy atom. The van der Waals surface area contributed by atoms with E-state index in [2.05, 4.69) is 10.1 Å². The predicted octanol–water partition coefficient (Wildman–Crippen LogP) is 1.69. The summed E-state index contributed by atoms with van der Waals surface area (Å²) in [6.07, 6.45) is 1.43. The van der Waals surface area contributed by atoms with Crippen molar-refractivity contribution in [1.82, 2.24) is 14.8 Å². The van der Waals surface area contributed by atoms with Crippen molar-refractivity contribution in [2.45, 2.75) is 10.1 Å². The lowest BCUT2D eigenvalue weighted by Crippen LogP contribution is -1.94. The molecular weight excluding hydrogens is 215 g/mol. The van der Waals surface area contributed by atoms with E-state index in [1.165, 1.54) is 24.2 Å². The van der Waals surface area contributed by atoms with Crippen LogP contribution in [0, 0.1) is 5.82 Å². The van der Waals surface area contributed by atoms with Gasteiger partial charge in [-0.25, -0.2) is 14.1 Å². The molecule has 0 saturated carbocycles. The Labute approximate surface area is 90.3 Å². The van der Waals surface area contributed by atoms with Gasteiger partial charge < -0.3 is 5.73 Å². The fourth-order valence-corrected chi connectivity index (χ4v) is 1.84. The molecule has 2 rings (SSSR count). The molecule has 0 fully saturated rings. The first-order chi connectivity index (χ1) is 7.16. The van der Waals surface area contributed by atoms with Crippen LogP contribution in [0.2, 0.25) is 0 Å². The summed E-state index contributed by atoms with van der Waals surface area (Å²) >= 11 is 1.21. The molecule has 15 heavy (non-hydrogen) atoms. The Morgan fingerprint density at radius 1 is 1.47 bits per heavy atom. The fourth-order valence-electron chi connectivity index (χ4n) is 1.08. The van der Waals surface area contributed by atoms with E-state index >= 15 is 0 Å². The minimum absolute atomic E-state index is 0.344. The van der Waals surface area contributed by atoms with Gasteiger partial charge in [0.05, 0.1) is 4.90 Å². The first-order valence-corrected chi connectivity index (χ1v) is 5.05. The maximum absolute atomic E-state index is 13.4. The van der Waals surface area contributed by atoms with Crippen LogP contribution in [0.3, 0.4) is 0 Å². The number of aryl methyl sites for hydroxylation is 1. The van der Waals surface area contributed by atoms with Crippen LogP contribution in [0.5, 0.6) is 0 Å². The van der Waals surface area contributed by atoms with E-state index in [9.17, 15) is 4.39 Å². The maximum atomic E-state index is 13.4. The van der Waals surface area contributed by atoms with Gasteiger partial charge in [0.1, 0.15) is 12.1 Å². The Kier molecular flexibility index (Phi) is 2.59. The molecule has 0 radical (unpaired) electrons. The maximum Gasteiger partial charge on any atom is 0.190 e. The van der Waals surface area contributed by atoms with Gasteiger partial charge in [-0.3, -0.25) is 0 Å². The van der Waals surface area contributed by atoms with Crippen molar-refractivity contribution >= 4 is 17.4 Å². The smallest absolute Gasteiger partial charge is 0.190 e. The van der Waals surface area contributed by atoms with Gasteiger partial charge in [0.2, 0.25) is 0 Å².